The summed E-state index contributed by atoms with van der Waals surface area (Å²) in [6, 6.07) is 5.35. The van der Waals surface area contributed by atoms with Crippen molar-refractivity contribution in [2.45, 2.75) is 19.9 Å². The number of carbonyl (C=O) groups excluding carboxylic acids is 1. The lowest BCUT2D eigenvalue weighted by Crippen LogP contribution is -2.31. The smallest absolute Gasteiger partial charge is 0.356 e. The summed E-state index contributed by atoms with van der Waals surface area (Å²) in [6.45, 7) is 7.42. The lowest BCUT2D eigenvalue weighted by Gasteiger charge is -2.21. The average Bonchev–Trinajstić information content (AvgIpc) is 2.64. The van der Waals surface area contributed by atoms with E-state index in [1.54, 1.807) is 13.2 Å². The lowest BCUT2D eigenvalue weighted by atomic mass is 10.3. The van der Waals surface area contributed by atoms with E-state index in [1.165, 1.54) is 7.11 Å². The van der Waals surface area contributed by atoms with Crippen LogP contribution in [0.3, 0.4) is 0 Å². The summed E-state index contributed by atoms with van der Waals surface area (Å²) in [6.07, 6.45) is 1.02. The van der Waals surface area contributed by atoms with Gasteiger partial charge in [0.25, 0.3) is 0 Å². The van der Waals surface area contributed by atoms with Gasteiger partial charge in [-0.1, -0.05) is 13.0 Å². The summed E-state index contributed by atoms with van der Waals surface area (Å²) in [5.41, 5.74) is 1.13. The summed E-state index contributed by atoms with van der Waals surface area (Å²) in [4.78, 5) is 18.1. The zero-order valence-electron chi connectivity index (χ0n) is 15.5. The molecule has 1 rings (SSSR count). The molecule has 142 valence electrons. The molecule has 1 heterocycles. The molecule has 0 saturated carbocycles. The van der Waals surface area contributed by atoms with Crippen LogP contribution in [-0.4, -0.2) is 76.2 Å². The molecule has 0 aliphatic carbocycles. The Morgan fingerprint density at radius 3 is 2.44 bits per heavy atom. The van der Waals surface area contributed by atoms with Crippen LogP contribution in [0.5, 0.6) is 0 Å². The number of hydrogen-bond acceptors (Lipinski definition) is 7. The first-order valence-electron chi connectivity index (χ1n) is 8.62. The molecular weight excluding hydrogens is 324 g/mol. The third-order valence-corrected chi connectivity index (χ3v) is 3.47. The zero-order chi connectivity index (χ0) is 18.3. The number of esters is 1. The van der Waals surface area contributed by atoms with E-state index in [0.717, 1.165) is 31.8 Å². The Morgan fingerprint density at radius 1 is 1.04 bits per heavy atom. The maximum absolute atomic E-state index is 11.6. The van der Waals surface area contributed by atoms with E-state index in [0.29, 0.717) is 38.7 Å². The fourth-order valence-corrected chi connectivity index (χ4v) is 2.17. The van der Waals surface area contributed by atoms with Gasteiger partial charge in [-0.3, -0.25) is 4.90 Å². The van der Waals surface area contributed by atoms with Crippen molar-refractivity contribution in [1.82, 2.24) is 9.88 Å². The highest BCUT2D eigenvalue weighted by Gasteiger charge is 2.11. The molecule has 1 aromatic heterocycles. The second-order valence-corrected chi connectivity index (χ2v) is 5.50. The molecule has 0 aliphatic heterocycles. The molecule has 0 fully saturated rings. The number of ether oxygens (including phenoxy) is 4. The summed E-state index contributed by atoms with van der Waals surface area (Å²) < 4.78 is 20.9. The van der Waals surface area contributed by atoms with Crippen molar-refractivity contribution in [2.75, 3.05) is 60.3 Å². The molecular formula is C18H30N2O5. The molecule has 0 bridgehead atoms. The molecule has 0 unspecified atom stereocenters. The van der Waals surface area contributed by atoms with Gasteiger partial charge in [-0.05, 0) is 18.6 Å². The predicted octanol–water partition coefficient (Wildman–Crippen LogP) is 1.76. The Labute approximate surface area is 150 Å². The van der Waals surface area contributed by atoms with Crippen LogP contribution in [0, 0.1) is 0 Å². The number of methoxy groups -OCH3 is 2. The minimum Gasteiger partial charge on any atom is -0.464 e. The molecule has 0 atom stereocenters. The normalized spacial score (nSPS) is 11.0. The standard InChI is InChI=1S/C18H30N2O5/c1-4-10-24-13-14-25-12-9-20(8-11-22-2)15-16-6-5-7-17(19-16)18(21)23-3/h5-7H,4,8-15H2,1-3H3. The highest BCUT2D eigenvalue weighted by molar-refractivity contribution is 5.87. The minimum absolute atomic E-state index is 0.316. The Hall–Kier alpha value is -1.54. The largest absolute Gasteiger partial charge is 0.464 e. The molecule has 0 N–H and O–H groups in total. The quantitative estimate of drug-likeness (QED) is 0.372. The first-order valence-corrected chi connectivity index (χ1v) is 8.62. The summed E-state index contributed by atoms with van der Waals surface area (Å²) >= 11 is 0. The SMILES string of the molecule is CCCOCCOCCN(CCOC)Cc1cccc(C(=O)OC)n1. The van der Waals surface area contributed by atoms with Crippen LogP contribution in [-0.2, 0) is 25.5 Å². The number of carbonyl (C=O) groups is 1. The first kappa shape index (κ1) is 21.5. The van der Waals surface area contributed by atoms with E-state index >= 15 is 0 Å². The number of hydrogen-bond donors (Lipinski definition) is 0. The van der Waals surface area contributed by atoms with Crippen molar-refractivity contribution in [1.29, 1.82) is 0 Å². The topological polar surface area (TPSA) is 70.1 Å². The van der Waals surface area contributed by atoms with Gasteiger partial charge in [0.1, 0.15) is 5.69 Å². The van der Waals surface area contributed by atoms with Crippen molar-refractivity contribution in [3.63, 3.8) is 0 Å². The van der Waals surface area contributed by atoms with Gasteiger partial charge in [0.15, 0.2) is 0 Å². The van der Waals surface area contributed by atoms with Gasteiger partial charge < -0.3 is 18.9 Å². The molecule has 7 heteroatoms. The Kier molecular flexibility index (Phi) is 11.8. The minimum atomic E-state index is -0.430. The third-order valence-electron chi connectivity index (χ3n) is 3.47. The first-order chi connectivity index (χ1) is 12.2. The van der Waals surface area contributed by atoms with Crippen molar-refractivity contribution in [2.24, 2.45) is 0 Å². The highest BCUT2D eigenvalue weighted by atomic mass is 16.5. The predicted molar refractivity (Wildman–Crippen MR) is 94.7 cm³/mol. The van der Waals surface area contributed by atoms with Crippen LogP contribution in [0.4, 0.5) is 0 Å². The van der Waals surface area contributed by atoms with E-state index in [-0.39, 0.29) is 0 Å². The lowest BCUT2D eigenvalue weighted by molar-refractivity contribution is 0.0346. The molecule has 0 saturated heterocycles. The summed E-state index contributed by atoms with van der Waals surface area (Å²) in [5, 5.41) is 0. The molecule has 0 spiro atoms. The van der Waals surface area contributed by atoms with Gasteiger partial charge in [0.05, 0.1) is 39.2 Å². The zero-order valence-corrected chi connectivity index (χ0v) is 15.5. The molecule has 25 heavy (non-hydrogen) atoms. The number of rotatable bonds is 14. The molecule has 0 amide bonds. The van der Waals surface area contributed by atoms with E-state index < -0.39 is 5.97 Å². The van der Waals surface area contributed by atoms with Crippen molar-refractivity contribution in [3.05, 3.63) is 29.6 Å². The number of aromatic nitrogens is 1. The van der Waals surface area contributed by atoms with Gasteiger partial charge in [-0.15, -0.1) is 0 Å². The molecule has 0 aliphatic rings. The Bertz CT molecular complexity index is 484. The fourth-order valence-electron chi connectivity index (χ4n) is 2.17. The van der Waals surface area contributed by atoms with E-state index in [2.05, 4.69) is 16.8 Å². The van der Waals surface area contributed by atoms with Crippen LogP contribution in [0.1, 0.15) is 29.5 Å². The monoisotopic (exact) mass is 354 g/mol. The van der Waals surface area contributed by atoms with Crippen LogP contribution in [0.25, 0.3) is 0 Å². The van der Waals surface area contributed by atoms with E-state index in [1.807, 2.05) is 12.1 Å². The van der Waals surface area contributed by atoms with E-state index in [9.17, 15) is 4.79 Å². The van der Waals surface area contributed by atoms with E-state index in [4.69, 9.17) is 18.9 Å². The van der Waals surface area contributed by atoms with Crippen LogP contribution in [0.2, 0.25) is 0 Å². The van der Waals surface area contributed by atoms with Gasteiger partial charge in [0.2, 0.25) is 0 Å². The Balaban J connectivity index is 2.45. The van der Waals surface area contributed by atoms with Gasteiger partial charge in [0, 0.05) is 33.4 Å². The van der Waals surface area contributed by atoms with Crippen LogP contribution in [0.15, 0.2) is 18.2 Å². The number of pyridine rings is 1. The summed E-state index contributed by atoms with van der Waals surface area (Å²) in [7, 11) is 3.03. The van der Waals surface area contributed by atoms with Gasteiger partial charge >= 0.3 is 5.97 Å². The van der Waals surface area contributed by atoms with Crippen LogP contribution < -0.4 is 0 Å². The second-order valence-electron chi connectivity index (χ2n) is 5.50. The van der Waals surface area contributed by atoms with Gasteiger partial charge in [-0.2, -0.15) is 0 Å². The molecule has 1 aromatic rings. The molecule has 7 nitrogen and oxygen atoms in total. The maximum Gasteiger partial charge on any atom is 0.356 e. The average molecular weight is 354 g/mol. The summed E-state index contributed by atoms with van der Waals surface area (Å²) in [5.74, 6) is -0.430. The second kappa shape index (κ2) is 13.7. The molecule has 0 radical (unpaired) electrons. The maximum atomic E-state index is 11.6. The van der Waals surface area contributed by atoms with Crippen molar-refractivity contribution < 1.29 is 23.7 Å². The van der Waals surface area contributed by atoms with Gasteiger partial charge in [-0.25, -0.2) is 9.78 Å². The molecule has 0 aromatic carbocycles. The Morgan fingerprint density at radius 2 is 1.76 bits per heavy atom. The van der Waals surface area contributed by atoms with Crippen molar-refractivity contribution in [3.8, 4) is 0 Å². The number of nitrogens with zero attached hydrogens (tertiary/aromatic N) is 2. The highest BCUT2D eigenvalue weighted by Crippen LogP contribution is 2.05. The van der Waals surface area contributed by atoms with Crippen LogP contribution >= 0.6 is 0 Å². The third kappa shape index (κ3) is 9.50. The fraction of sp³-hybridized carbons (Fsp3) is 0.667. The van der Waals surface area contributed by atoms with Crippen molar-refractivity contribution >= 4 is 5.97 Å².